The highest BCUT2D eigenvalue weighted by Gasteiger charge is 2.30. The van der Waals surface area contributed by atoms with Crippen LogP contribution in [0.2, 0.25) is 0 Å². The maximum Gasteiger partial charge on any atom is 0.225 e. The zero-order valence-electron chi connectivity index (χ0n) is 14.0. The average Bonchev–Trinajstić information content (AvgIpc) is 3.26. The summed E-state index contributed by atoms with van der Waals surface area (Å²) in [4.78, 5) is 11.8. The first kappa shape index (κ1) is 16.2. The Morgan fingerprint density at radius 2 is 2.14 bits per heavy atom. The largest absolute Gasteiger partial charge is 0.338 e. The van der Waals surface area contributed by atoms with Crippen LogP contribution in [0, 0.1) is 12.8 Å². The van der Waals surface area contributed by atoms with Gasteiger partial charge in [-0.1, -0.05) is 27.2 Å². The van der Waals surface area contributed by atoms with Gasteiger partial charge in [-0.2, -0.15) is 0 Å². The molecule has 1 aromatic heterocycles. The molecule has 0 unspecified atom stereocenters. The lowest BCUT2D eigenvalue weighted by Gasteiger charge is -2.22. The molecular weight excluding hydrogens is 260 g/mol. The molecule has 0 saturated heterocycles. The van der Waals surface area contributed by atoms with Gasteiger partial charge in [0.2, 0.25) is 5.95 Å². The van der Waals surface area contributed by atoms with Crippen molar-refractivity contribution in [3.8, 4) is 0 Å². The number of aryl methyl sites for hydroxylation is 1. The van der Waals surface area contributed by atoms with Crippen molar-refractivity contribution < 1.29 is 0 Å². The van der Waals surface area contributed by atoms with Crippen LogP contribution in [0.5, 0.6) is 0 Å². The number of anilines is 1. The van der Waals surface area contributed by atoms with Crippen molar-refractivity contribution in [2.75, 3.05) is 18.0 Å². The first-order valence-corrected chi connectivity index (χ1v) is 8.41. The van der Waals surface area contributed by atoms with E-state index in [4.69, 9.17) is 4.98 Å². The van der Waals surface area contributed by atoms with Crippen molar-refractivity contribution in [2.45, 2.75) is 66.0 Å². The van der Waals surface area contributed by atoms with Crippen molar-refractivity contribution in [1.29, 1.82) is 0 Å². The third kappa shape index (κ3) is 4.95. The van der Waals surface area contributed by atoms with Crippen molar-refractivity contribution in [1.82, 2.24) is 15.3 Å². The van der Waals surface area contributed by atoms with Crippen LogP contribution in [0.25, 0.3) is 0 Å². The second kappa shape index (κ2) is 7.74. The Morgan fingerprint density at radius 3 is 2.71 bits per heavy atom. The van der Waals surface area contributed by atoms with Gasteiger partial charge >= 0.3 is 0 Å². The highest BCUT2D eigenvalue weighted by Crippen LogP contribution is 2.30. The van der Waals surface area contributed by atoms with E-state index in [-0.39, 0.29) is 0 Å². The zero-order chi connectivity index (χ0) is 15.2. The maximum absolute atomic E-state index is 4.76. The van der Waals surface area contributed by atoms with Gasteiger partial charge in [-0.05, 0) is 38.6 Å². The maximum atomic E-state index is 4.76. The van der Waals surface area contributed by atoms with E-state index in [1.54, 1.807) is 0 Å². The molecule has 1 fully saturated rings. The van der Waals surface area contributed by atoms with E-state index < -0.39 is 0 Å². The Labute approximate surface area is 129 Å². The van der Waals surface area contributed by atoms with E-state index >= 15 is 0 Å². The molecule has 0 radical (unpaired) electrons. The van der Waals surface area contributed by atoms with Crippen LogP contribution in [0.1, 0.15) is 57.7 Å². The number of hydrogen-bond donors (Lipinski definition) is 1. The molecule has 0 spiro atoms. The van der Waals surface area contributed by atoms with Gasteiger partial charge in [-0.25, -0.2) is 9.97 Å². The fourth-order valence-electron chi connectivity index (χ4n) is 2.45. The summed E-state index contributed by atoms with van der Waals surface area (Å²) in [5.41, 5.74) is 2.32. The lowest BCUT2D eigenvalue weighted by atomic mass is 10.2. The number of nitrogens with zero attached hydrogens (tertiary/aromatic N) is 3. The van der Waals surface area contributed by atoms with Gasteiger partial charge in [0.25, 0.3) is 0 Å². The quantitative estimate of drug-likeness (QED) is 0.757. The Morgan fingerprint density at radius 1 is 1.38 bits per heavy atom. The van der Waals surface area contributed by atoms with E-state index in [1.165, 1.54) is 31.2 Å². The second-order valence-corrected chi connectivity index (χ2v) is 6.58. The molecule has 0 aliphatic heterocycles. The molecule has 1 heterocycles. The summed E-state index contributed by atoms with van der Waals surface area (Å²) in [5.74, 6) is 1.60. The van der Waals surface area contributed by atoms with Crippen molar-refractivity contribution in [2.24, 2.45) is 5.92 Å². The van der Waals surface area contributed by atoms with Crippen LogP contribution in [-0.2, 0) is 6.54 Å². The summed E-state index contributed by atoms with van der Waals surface area (Å²) in [7, 11) is 0. The van der Waals surface area contributed by atoms with Gasteiger partial charge in [-0.15, -0.1) is 0 Å². The van der Waals surface area contributed by atoms with Crippen LogP contribution in [0.4, 0.5) is 5.95 Å². The van der Waals surface area contributed by atoms with Crippen LogP contribution in [-0.4, -0.2) is 29.1 Å². The van der Waals surface area contributed by atoms with Crippen molar-refractivity contribution >= 4 is 5.95 Å². The molecule has 1 aromatic rings. The summed E-state index contributed by atoms with van der Waals surface area (Å²) < 4.78 is 0. The van der Waals surface area contributed by atoms with Crippen molar-refractivity contribution in [3.05, 3.63) is 17.5 Å². The predicted molar refractivity (Wildman–Crippen MR) is 88.6 cm³/mol. The SMILES string of the molecule is CCCCN(c1ncc(CNCC(C)C)c(C)n1)C1CC1. The molecular formula is C17H30N4. The third-order valence-electron chi connectivity index (χ3n) is 3.93. The summed E-state index contributed by atoms with van der Waals surface area (Å²) >= 11 is 0. The third-order valence-corrected chi connectivity index (χ3v) is 3.93. The molecule has 4 heteroatoms. The van der Waals surface area contributed by atoms with Gasteiger partial charge in [0.15, 0.2) is 0 Å². The molecule has 21 heavy (non-hydrogen) atoms. The van der Waals surface area contributed by atoms with Gasteiger partial charge in [0, 0.05) is 36.6 Å². The predicted octanol–water partition coefficient (Wildman–Crippen LogP) is 3.30. The second-order valence-electron chi connectivity index (χ2n) is 6.58. The minimum absolute atomic E-state index is 0.671. The number of nitrogens with one attached hydrogen (secondary N) is 1. The standard InChI is InChI=1S/C17H30N4/c1-5-6-9-21(16-7-8-16)17-19-12-15(14(4)20-17)11-18-10-13(2)3/h12-13,16,18H,5-11H2,1-4H3. The number of rotatable bonds is 9. The van der Waals surface area contributed by atoms with Gasteiger partial charge < -0.3 is 10.2 Å². The Kier molecular flexibility index (Phi) is 5.97. The first-order valence-electron chi connectivity index (χ1n) is 8.41. The fraction of sp³-hybridized carbons (Fsp3) is 0.765. The summed E-state index contributed by atoms with van der Waals surface area (Å²) in [6.45, 7) is 11.8. The molecule has 0 aromatic carbocycles. The van der Waals surface area contributed by atoms with Gasteiger partial charge in [0.05, 0.1) is 0 Å². The van der Waals surface area contributed by atoms with E-state index in [0.717, 1.165) is 31.3 Å². The zero-order valence-corrected chi connectivity index (χ0v) is 14.0. The van der Waals surface area contributed by atoms with Crippen LogP contribution in [0.3, 0.4) is 0 Å². The summed E-state index contributed by atoms with van der Waals surface area (Å²) in [6.07, 6.45) is 7.04. The first-order chi connectivity index (χ1) is 10.1. The molecule has 0 amide bonds. The van der Waals surface area contributed by atoms with E-state index in [1.807, 2.05) is 6.20 Å². The van der Waals surface area contributed by atoms with Crippen LogP contribution in [0.15, 0.2) is 6.20 Å². The molecule has 1 aliphatic carbocycles. The van der Waals surface area contributed by atoms with Crippen molar-refractivity contribution in [3.63, 3.8) is 0 Å². The molecule has 1 N–H and O–H groups in total. The van der Waals surface area contributed by atoms with Crippen LogP contribution >= 0.6 is 0 Å². The Hall–Kier alpha value is -1.16. The fourth-order valence-corrected chi connectivity index (χ4v) is 2.45. The molecule has 2 rings (SSSR count). The molecule has 118 valence electrons. The lowest BCUT2D eigenvalue weighted by Crippen LogP contribution is -2.29. The Balaban J connectivity index is 1.99. The van der Waals surface area contributed by atoms with E-state index in [0.29, 0.717) is 12.0 Å². The molecule has 0 atom stereocenters. The Bertz CT molecular complexity index is 440. The van der Waals surface area contributed by atoms with E-state index in [9.17, 15) is 0 Å². The normalized spacial score (nSPS) is 14.7. The smallest absolute Gasteiger partial charge is 0.225 e. The highest BCUT2D eigenvalue weighted by atomic mass is 15.3. The monoisotopic (exact) mass is 290 g/mol. The molecule has 4 nitrogen and oxygen atoms in total. The van der Waals surface area contributed by atoms with Crippen LogP contribution < -0.4 is 10.2 Å². The average molecular weight is 290 g/mol. The number of aromatic nitrogens is 2. The highest BCUT2D eigenvalue weighted by molar-refractivity contribution is 5.36. The summed E-state index contributed by atoms with van der Waals surface area (Å²) in [6, 6.07) is 0.681. The number of unbranched alkanes of at least 4 members (excludes halogenated alkanes) is 1. The minimum Gasteiger partial charge on any atom is -0.338 e. The molecule has 0 bridgehead atoms. The summed E-state index contributed by atoms with van der Waals surface area (Å²) in [5, 5.41) is 3.47. The minimum atomic E-state index is 0.671. The molecule has 1 aliphatic rings. The lowest BCUT2D eigenvalue weighted by molar-refractivity contribution is 0.550. The molecule has 1 saturated carbocycles. The topological polar surface area (TPSA) is 41.1 Å². The van der Waals surface area contributed by atoms with Gasteiger partial charge in [0.1, 0.15) is 0 Å². The van der Waals surface area contributed by atoms with E-state index in [2.05, 4.69) is 42.9 Å². The number of hydrogen-bond acceptors (Lipinski definition) is 4. The van der Waals surface area contributed by atoms with Gasteiger partial charge in [-0.3, -0.25) is 0 Å².